The molecular formula is C26H29N3O2. The van der Waals surface area contributed by atoms with E-state index >= 15 is 0 Å². The molecule has 0 saturated carbocycles. The Bertz CT molecular complexity index is 1040. The van der Waals surface area contributed by atoms with Gasteiger partial charge < -0.3 is 15.5 Å². The lowest BCUT2D eigenvalue weighted by atomic mass is 10.0. The van der Waals surface area contributed by atoms with Crippen molar-refractivity contribution in [3.8, 4) is 0 Å². The molecule has 2 N–H and O–H groups in total. The third-order valence-electron chi connectivity index (χ3n) is 5.88. The van der Waals surface area contributed by atoms with Gasteiger partial charge in [-0.25, -0.2) is 0 Å². The Kier molecular flexibility index (Phi) is 6.63. The first-order valence-electron chi connectivity index (χ1n) is 10.9. The van der Waals surface area contributed by atoms with Gasteiger partial charge in [-0.3, -0.25) is 9.59 Å². The summed E-state index contributed by atoms with van der Waals surface area (Å²) < 4.78 is 0. The van der Waals surface area contributed by atoms with Crippen LogP contribution in [0.4, 0.5) is 0 Å². The van der Waals surface area contributed by atoms with E-state index in [1.807, 2.05) is 42.5 Å². The summed E-state index contributed by atoms with van der Waals surface area (Å²) in [5, 5.41) is 8.56. The maximum absolute atomic E-state index is 13.4. The predicted molar refractivity (Wildman–Crippen MR) is 124 cm³/mol. The van der Waals surface area contributed by atoms with Crippen LogP contribution in [0, 0.1) is 0 Å². The average Bonchev–Trinajstić information content (AvgIpc) is 3.34. The van der Waals surface area contributed by atoms with Crippen LogP contribution in [0.2, 0.25) is 0 Å². The summed E-state index contributed by atoms with van der Waals surface area (Å²) in [5.74, 6) is -0.172. The molecule has 1 aliphatic heterocycles. The minimum atomic E-state index is -0.595. The molecule has 2 amide bonds. The van der Waals surface area contributed by atoms with Crippen molar-refractivity contribution in [2.45, 2.75) is 37.9 Å². The molecule has 1 aliphatic rings. The van der Waals surface area contributed by atoms with Crippen LogP contribution in [0.3, 0.4) is 0 Å². The molecule has 160 valence electrons. The Morgan fingerprint density at radius 2 is 1.74 bits per heavy atom. The summed E-state index contributed by atoms with van der Waals surface area (Å²) in [6, 6.07) is 23.5. The fraction of sp³-hybridized carbons (Fsp3) is 0.308. The molecule has 5 heteroatoms. The predicted octanol–water partition coefficient (Wildman–Crippen LogP) is 3.28. The highest BCUT2D eigenvalue weighted by Crippen LogP contribution is 2.17. The first kappa shape index (κ1) is 21.1. The van der Waals surface area contributed by atoms with Crippen molar-refractivity contribution in [1.29, 1.82) is 0 Å². The number of rotatable bonds is 7. The zero-order valence-electron chi connectivity index (χ0n) is 17.9. The number of hydrogen-bond donors (Lipinski definition) is 2. The van der Waals surface area contributed by atoms with Crippen LogP contribution in [0.1, 0.15) is 24.0 Å². The number of nitrogens with zero attached hydrogens (tertiary/aromatic N) is 1. The van der Waals surface area contributed by atoms with Crippen LogP contribution < -0.4 is 10.6 Å². The number of nitrogens with one attached hydrogen (secondary N) is 2. The first-order chi connectivity index (χ1) is 15.1. The monoisotopic (exact) mass is 415 g/mol. The van der Waals surface area contributed by atoms with Crippen molar-refractivity contribution < 1.29 is 9.59 Å². The van der Waals surface area contributed by atoms with E-state index in [9.17, 15) is 9.59 Å². The van der Waals surface area contributed by atoms with E-state index in [2.05, 4.69) is 41.0 Å². The number of benzene rings is 3. The van der Waals surface area contributed by atoms with Crippen LogP contribution in [0.5, 0.6) is 0 Å². The number of carbonyl (C=O) groups is 2. The fourth-order valence-electron chi connectivity index (χ4n) is 4.19. The molecule has 0 unspecified atom stereocenters. The molecule has 0 spiro atoms. The van der Waals surface area contributed by atoms with Gasteiger partial charge in [0.05, 0.1) is 6.04 Å². The standard InChI is InChI=1S/C26H29N3O2/c1-29(18-20-13-14-21-10-5-6-11-22(21)16-20)26(31)24(17-19-8-3-2-4-9-19)28-25(30)23-12-7-15-27-23/h2-6,8-11,13-14,16,23-24,27H,7,12,15,17-18H2,1H3,(H,28,30)/t23-,24-/m0/s1. The highest BCUT2D eigenvalue weighted by Gasteiger charge is 2.29. The topological polar surface area (TPSA) is 61.4 Å². The molecular weight excluding hydrogens is 386 g/mol. The molecule has 2 atom stereocenters. The number of hydrogen-bond acceptors (Lipinski definition) is 3. The Labute approximate surface area is 183 Å². The van der Waals surface area contributed by atoms with Crippen molar-refractivity contribution in [3.63, 3.8) is 0 Å². The summed E-state index contributed by atoms with van der Waals surface area (Å²) in [5.41, 5.74) is 2.09. The summed E-state index contributed by atoms with van der Waals surface area (Å²) in [4.78, 5) is 27.8. The van der Waals surface area contributed by atoms with Gasteiger partial charge in [0.2, 0.25) is 11.8 Å². The van der Waals surface area contributed by atoms with Gasteiger partial charge >= 0.3 is 0 Å². The lowest BCUT2D eigenvalue weighted by Gasteiger charge is -2.26. The summed E-state index contributed by atoms with van der Waals surface area (Å²) >= 11 is 0. The van der Waals surface area contributed by atoms with Gasteiger partial charge in [-0.15, -0.1) is 0 Å². The van der Waals surface area contributed by atoms with E-state index in [-0.39, 0.29) is 17.9 Å². The lowest BCUT2D eigenvalue weighted by Crippen LogP contribution is -2.52. The van der Waals surface area contributed by atoms with Gasteiger partial charge in [0.1, 0.15) is 6.04 Å². The minimum Gasteiger partial charge on any atom is -0.343 e. The second kappa shape index (κ2) is 9.75. The quantitative estimate of drug-likeness (QED) is 0.623. The van der Waals surface area contributed by atoms with Gasteiger partial charge in [-0.1, -0.05) is 66.7 Å². The van der Waals surface area contributed by atoms with Crippen molar-refractivity contribution in [2.75, 3.05) is 13.6 Å². The zero-order chi connectivity index (χ0) is 21.6. The van der Waals surface area contributed by atoms with Gasteiger partial charge in [0.25, 0.3) is 0 Å². The summed E-state index contributed by atoms with van der Waals surface area (Å²) in [7, 11) is 1.80. The zero-order valence-corrected chi connectivity index (χ0v) is 17.9. The molecule has 4 rings (SSSR count). The molecule has 0 aromatic heterocycles. The first-order valence-corrected chi connectivity index (χ1v) is 10.9. The molecule has 3 aromatic carbocycles. The van der Waals surface area contributed by atoms with Crippen LogP contribution in [0.15, 0.2) is 72.8 Å². The average molecular weight is 416 g/mol. The van der Waals surface area contributed by atoms with E-state index in [1.54, 1.807) is 11.9 Å². The van der Waals surface area contributed by atoms with Crippen molar-refractivity contribution >= 4 is 22.6 Å². The molecule has 1 fully saturated rings. The van der Waals surface area contributed by atoms with Crippen molar-refractivity contribution in [3.05, 3.63) is 83.9 Å². The molecule has 0 aliphatic carbocycles. The van der Waals surface area contributed by atoms with Gasteiger partial charge in [0.15, 0.2) is 0 Å². The summed E-state index contributed by atoms with van der Waals surface area (Å²) in [6.45, 7) is 1.34. The number of carbonyl (C=O) groups excluding carboxylic acids is 2. The Morgan fingerprint density at radius 3 is 2.48 bits per heavy atom. The van der Waals surface area contributed by atoms with Crippen LogP contribution in [-0.4, -0.2) is 42.4 Å². The van der Waals surface area contributed by atoms with E-state index in [0.29, 0.717) is 13.0 Å². The largest absolute Gasteiger partial charge is 0.343 e. The molecule has 31 heavy (non-hydrogen) atoms. The molecule has 1 saturated heterocycles. The number of amides is 2. The molecule has 3 aromatic rings. The van der Waals surface area contributed by atoms with E-state index in [1.165, 1.54) is 5.39 Å². The highest BCUT2D eigenvalue weighted by molar-refractivity contribution is 5.90. The van der Waals surface area contributed by atoms with E-state index < -0.39 is 6.04 Å². The third-order valence-corrected chi connectivity index (χ3v) is 5.88. The fourth-order valence-corrected chi connectivity index (χ4v) is 4.19. The lowest BCUT2D eigenvalue weighted by molar-refractivity contribution is -0.136. The van der Waals surface area contributed by atoms with Gasteiger partial charge in [-0.05, 0) is 47.4 Å². The Morgan fingerprint density at radius 1 is 1.00 bits per heavy atom. The van der Waals surface area contributed by atoms with Crippen LogP contribution >= 0.6 is 0 Å². The van der Waals surface area contributed by atoms with Gasteiger partial charge in [-0.2, -0.15) is 0 Å². The third kappa shape index (κ3) is 5.30. The Hall–Kier alpha value is -3.18. The second-order valence-corrected chi connectivity index (χ2v) is 8.28. The second-order valence-electron chi connectivity index (χ2n) is 8.28. The number of likely N-dealkylation sites (N-methyl/N-ethyl adjacent to an activating group) is 1. The maximum Gasteiger partial charge on any atom is 0.245 e. The Balaban J connectivity index is 1.49. The van der Waals surface area contributed by atoms with E-state index in [0.717, 1.165) is 35.9 Å². The van der Waals surface area contributed by atoms with Crippen molar-refractivity contribution in [2.24, 2.45) is 0 Å². The SMILES string of the molecule is CN(Cc1ccc2ccccc2c1)C(=O)[C@H](Cc1ccccc1)NC(=O)[C@@H]1CCCN1. The molecule has 1 heterocycles. The summed E-state index contributed by atoms with van der Waals surface area (Å²) in [6.07, 6.45) is 2.27. The molecule has 0 bridgehead atoms. The van der Waals surface area contributed by atoms with E-state index in [4.69, 9.17) is 0 Å². The van der Waals surface area contributed by atoms with Crippen molar-refractivity contribution in [1.82, 2.24) is 15.5 Å². The molecule has 5 nitrogen and oxygen atoms in total. The van der Waals surface area contributed by atoms with Crippen LogP contribution in [-0.2, 0) is 22.6 Å². The van der Waals surface area contributed by atoms with Crippen LogP contribution in [0.25, 0.3) is 10.8 Å². The highest BCUT2D eigenvalue weighted by atomic mass is 16.2. The molecule has 0 radical (unpaired) electrons. The number of fused-ring (bicyclic) bond motifs is 1. The minimum absolute atomic E-state index is 0.0802. The smallest absolute Gasteiger partial charge is 0.245 e. The van der Waals surface area contributed by atoms with Gasteiger partial charge in [0, 0.05) is 20.0 Å². The normalized spacial score (nSPS) is 16.7. The maximum atomic E-state index is 13.4.